The Balaban J connectivity index is 1.95. The molecule has 0 bridgehead atoms. The minimum Gasteiger partial charge on any atom is -0.507 e. The Morgan fingerprint density at radius 2 is 1.93 bits per heavy atom. The maximum atomic E-state index is 12.3. The summed E-state index contributed by atoms with van der Waals surface area (Å²) in [4.78, 5) is 12.2. The predicted octanol–water partition coefficient (Wildman–Crippen LogP) is 5.53. The van der Waals surface area contributed by atoms with Gasteiger partial charge < -0.3 is 9.52 Å². The molecule has 1 atom stereocenters. The van der Waals surface area contributed by atoms with Crippen molar-refractivity contribution in [1.82, 2.24) is 0 Å². The van der Waals surface area contributed by atoms with Crippen molar-refractivity contribution in [2.75, 3.05) is 0 Å². The van der Waals surface area contributed by atoms with E-state index in [0.717, 1.165) is 0 Å². The van der Waals surface area contributed by atoms with E-state index in [1.54, 1.807) is 26.0 Å². The molecule has 8 heteroatoms. The lowest BCUT2D eigenvalue weighted by Crippen LogP contribution is -2.22. The molecule has 2 aromatic rings. The highest BCUT2D eigenvalue weighted by molar-refractivity contribution is 6.33. The third kappa shape index (κ3) is 4.31. The molecule has 0 amide bonds. The minimum atomic E-state index is -4.70. The summed E-state index contributed by atoms with van der Waals surface area (Å²) >= 11 is 6.36. The van der Waals surface area contributed by atoms with E-state index in [9.17, 15) is 23.1 Å². The molecule has 0 fully saturated rings. The quantitative estimate of drug-likeness (QED) is 0.720. The molecule has 0 saturated heterocycles. The van der Waals surface area contributed by atoms with Gasteiger partial charge in [0.15, 0.2) is 0 Å². The summed E-state index contributed by atoms with van der Waals surface area (Å²) in [6.45, 7) is 3.28. The second-order valence-corrected chi connectivity index (χ2v) is 6.82. The Morgan fingerprint density at radius 3 is 2.50 bits per heavy atom. The first-order valence-corrected chi connectivity index (χ1v) is 8.70. The molecule has 1 aromatic carbocycles. The smallest absolute Gasteiger partial charge is 0.507 e. The highest BCUT2D eigenvalue weighted by Crippen LogP contribution is 2.37. The first-order valence-electron chi connectivity index (χ1n) is 8.32. The van der Waals surface area contributed by atoms with Gasteiger partial charge in [0.1, 0.15) is 17.1 Å². The Kier molecular flexibility index (Phi) is 5.41. The van der Waals surface area contributed by atoms with E-state index in [1.165, 1.54) is 24.3 Å². The van der Waals surface area contributed by atoms with E-state index in [2.05, 4.69) is 4.74 Å². The molecule has 0 aliphatic heterocycles. The molecule has 1 aliphatic carbocycles. The number of aryl methyl sites for hydroxylation is 2. The fourth-order valence-electron chi connectivity index (χ4n) is 3.08. The number of benzene rings is 1. The molecule has 3 rings (SSSR count). The van der Waals surface area contributed by atoms with Crippen LogP contribution >= 0.6 is 11.6 Å². The number of rotatable bonds is 3. The van der Waals surface area contributed by atoms with Crippen LogP contribution in [-0.4, -0.2) is 17.6 Å². The number of hydrogen-bond acceptors (Lipinski definition) is 4. The van der Waals surface area contributed by atoms with Crippen molar-refractivity contribution in [1.29, 1.82) is 0 Å². The normalized spacial score (nSPS) is 16.9. The third-order valence-corrected chi connectivity index (χ3v) is 4.61. The predicted molar refractivity (Wildman–Crippen MR) is 99.2 cm³/mol. The standard InChI is InChI=1S/C20H16ClF3O4/c1-10-7-15(12-3-5-13(6-4-12)28-20(22,23)24)16(21)9-14(10)18-17(25)8-11(2)27-19(18)26/h3-5,7-9,13,25H,6H2,1-2H3. The number of allylic oxidation sites excluding steroid dienone is 2. The highest BCUT2D eigenvalue weighted by Gasteiger charge is 2.33. The molecular weight excluding hydrogens is 397 g/mol. The molecular formula is C20H16ClF3O4. The van der Waals surface area contributed by atoms with Crippen LogP contribution in [0.3, 0.4) is 0 Å². The van der Waals surface area contributed by atoms with Crippen LogP contribution in [0, 0.1) is 13.8 Å². The summed E-state index contributed by atoms with van der Waals surface area (Å²) in [5, 5.41) is 10.4. The van der Waals surface area contributed by atoms with Crippen molar-refractivity contribution < 1.29 is 27.4 Å². The molecule has 1 heterocycles. The Bertz CT molecular complexity index is 1030. The maximum Gasteiger partial charge on any atom is 0.523 e. The zero-order chi connectivity index (χ0) is 20.6. The lowest BCUT2D eigenvalue weighted by atomic mass is 9.93. The van der Waals surface area contributed by atoms with Crippen LogP contribution in [0.4, 0.5) is 13.2 Å². The van der Waals surface area contributed by atoms with E-state index < -0.39 is 18.1 Å². The second kappa shape index (κ2) is 7.48. The first kappa shape index (κ1) is 20.2. The lowest BCUT2D eigenvalue weighted by Gasteiger charge is -2.19. The number of halogens is 4. The number of aromatic hydroxyl groups is 1. The van der Waals surface area contributed by atoms with Crippen LogP contribution in [0.5, 0.6) is 5.75 Å². The van der Waals surface area contributed by atoms with Crippen LogP contribution in [0.2, 0.25) is 5.02 Å². The minimum absolute atomic E-state index is 0.00311. The summed E-state index contributed by atoms with van der Waals surface area (Å²) in [5.74, 6) is 0.0596. The van der Waals surface area contributed by atoms with Gasteiger partial charge in [0.2, 0.25) is 0 Å². The fraction of sp³-hybridized carbons (Fsp3) is 0.250. The van der Waals surface area contributed by atoms with Gasteiger partial charge in [-0.25, -0.2) is 4.79 Å². The molecule has 148 valence electrons. The molecule has 1 N–H and O–H groups in total. The zero-order valence-electron chi connectivity index (χ0n) is 14.9. The maximum absolute atomic E-state index is 12.3. The molecule has 0 saturated carbocycles. The van der Waals surface area contributed by atoms with Gasteiger partial charge in [0.25, 0.3) is 0 Å². The van der Waals surface area contributed by atoms with Gasteiger partial charge in [0, 0.05) is 16.7 Å². The molecule has 0 spiro atoms. The molecule has 0 radical (unpaired) electrons. The Hall–Kier alpha value is -2.51. The third-order valence-electron chi connectivity index (χ3n) is 4.29. The molecule has 1 unspecified atom stereocenters. The SMILES string of the molecule is Cc1cc(O)c(-c2cc(Cl)c(C3=CCC(OC(F)(F)F)C=C3)cc2C)c(=O)o1. The van der Waals surface area contributed by atoms with Crippen molar-refractivity contribution >= 4 is 17.2 Å². The van der Waals surface area contributed by atoms with Gasteiger partial charge in [-0.1, -0.05) is 29.8 Å². The first-order chi connectivity index (χ1) is 13.0. The van der Waals surface area contributed by atoms with E-state index in [1.807, 2.05) is 0 Å². The average molecular weight is 413 g/mol. The summed E-state index contributed by atoms with van der Waals surface area (Å²) in [7, 11) is 0. The van der Waals surface area contributed by atoms with Crippen molar-refractivity contribution in [3.8, 4) is 16.9 Å². The van der Waals surface area contributed by atoms with Gasteiger partial charge in [0.05, 0.1) is 6.10 Å². The topological polar surface area (TPSA) is 59.7 Å². The summed E-state index contributed by atoms with van der Waals surface area (Å²) in [6.07, 6.45) is -1.30. The van der Waals surface area contributed by atoms with Gasteiger partial charge in [-0.2, -0.15) is 0 Å². The van der Waals surface area contributed by atoms with Crippen LogP contribution in [-0.2, 0) is 4.74 Å². The van der Waals surface area contributed by atoms with Crippen molar-refractivity contribution in [3.05, 3.63) is 68.8 Å². The lowest BCUT2D eigenvalue weighted by molar-refractivity contribution is -0.335. The van der Waals surface area contributed by atoms with Crippen molar-refractivity contribution in [3.63, 3.8) is 0 Å². The highest BCUT2D eigenvalue weighted by atomic mass is 35.5. The van der Waals surface area contributed by atoms with Crippen molar-refractivity contribution in [2.24, 2.45) is 0 Å². The molecule has 1 aliphatic rings. The van der Waals surface area contributed by atoms with Crippen LogP contribution in [0.15, 0.2) is 45.6 Å². The van der Waals surface area contributed by atoms with Crippen LogP contribution < -0.4 is 5.63 Å². The summed E-state index contributed by atoms with van der Waals surface area (Å²) in [6, 6.07) is 4.57. The molecule has 4 nitrogen and oxygen atoms in total. The van der Waals surface area contributed by atoms with Crippen LogP contribution in [0.25, 0.3) is 16.7 Å². The van der Waals surface area contributed by atoms with Crippen molar-refractivity contribution in [2.45, 2.75) is 32.7 Å². The monoisotopic (exact) mass is 412 g/mol. The number of hydrogen-bond donors (Lipinski definition) is 1. The van der Waals surface area contributed by atoms with E-state index in [0.29, 0.717) is 22.3 Å². The summed E-state index contributed by atoms with van der Waals surface area (Å²) < 4.78 is 46.0. The molecule has 1 aromatic heterocycles. The average Bonchev–Trinajstić information content (AvgIpc) is 2.56. The number of ether oxygens (including phenoxy) is 1. The number of alkyl halides is 3. The van der Waals surface area contributed by atoms with Gasteiger partial charge in [-0.3, -0.25) is 4.74 Å². The molecule has 28 heavy (non-hydrogen) atoms. The van der Waals surface area contributed by atoms with E-state index >= 15 is 0 Å². The van der Waals surface area contributed by atoms with E-state index in [4.69, 9.17) is 16.0 Å². The fourth-order valence-corrected chi connectivity index (χ4v) is 3.35. The van der Waals surface area contributed by atoms with E-state index in [-0.39, 0.29) is 28.5 Å². The largest absolute Gasteiger partial charge is 0.523 e. The summed E-state index contributed by atoms with van der Waals surface area (Å²) in [5.41, 5.74) is 1.62. The van der Waals surface area contributed by atoms with Crippen LogP contribution in [0.1, 0.15) is 23.3 Å². The van der Waals surface area contributed by atoms with Gasteiger partial charge >= 0.3 is 12.0 Å². The van der Waals surface area contributed by atoms with Gasteiger partial charge in [-0.05, 0) is 49.1 Å². The Labute approximate surface area is 163 Å². The zero-order valence-corrected chi connectivity index (χ0v) is 15.7. The second-order valence-electron chi connectivity index (χ2n) is 6.41. The van der Waals surface area contributed by atoms with Gasteiger partial charge in [-0.15, -0.1) is 13.2 Å². The Morgan fingerprint density at radius 1 is 1.21 bits per heavy atom.